The van der Waals surface area contributed by atoms with E-state index in [0.717, 1.165) is 18.6 Å². The van der Waals surface area contributed by atoms with Crippen molar-refractivity contribution in [2.45, 2.75) is 12.8 Å². The first-order chi connectivity index (χ1) is 5.58. The van der Waals surface area contributed by atoms with Crippen molar-refractivity contribution in [3.63, 3.8) is 0 Å². The van der Waals surface area contributed by atoms with Crippen molar-refractivity contribution in [2.24, 2.45) is 5.92 Å². The summed E-state index contributed by atoms with van der Waals surface area (Å²) in [5, 5.41) is 0. The molecule has 0 fully saturated rings. The van der Waals surface area contributed by atoms with Crippen molar-refractivity contribution in [1.29, 1.82) is 0 Å². The molecule has 70 valence electrons. The van der Waals surface area contributed by atoms with Gasteiger partial charge in [0.15, 0.2) is 0 Å². The van der Waals surface area contributed by atoms with Crippen LogP contribution in [-0.2, 0) is 0 Å². The van der Waals surface area contributed by atoms with Gasteiger partial charge in [0.1, 0.15) is 0 Å². The molecule has 0 atom stereocenters. The van der Waals surface area contributed by atoms with Crippen LogP contribution in [0.15, 0.2) is 24.3 Å². The van der Waals surface area contributed by atoms with Crippen LogP contribution in [0, 0.1) is 5.92 Å². The Morgan fingerprint density at radius 3 is 2.17 bits per heavy atom. The zero-order valence-electron chi connectivity index (χ0n) is 6.55. The van der Waals surface area contributed by atoms with Crippen LogP contribution in [0.5, 0.6) is 0 Å². The largest absolute Gasteiger partial charge is 0.0776 e. The van der Waals surface area contributed by atoms with Crippen molar-refractivity contribution in [3.8, 4) is 0 Å². The van der Waals surface area contributed by atoms with E-state index in [2.05, 4.69) is 24.3 Å². The second-order valence-corrected chi connectivity index (χ2v) is 10.4. The Morgan fingerprint density at radius 1 is 1.08 bits per heavy atom. The van der Waals surface area contributed by atoms with E-state index in [0.29, 0.717) is 5.92 Å². The molecule has 0 saturated heterocycles. The Morgan fingerprint density at radius 2 is 1.67 bits per heavy atom. The lowest BCUT2D eigenvalue weighted by Gasteiger charge is -2.15. The molecule has 0 aliphatic heterocycles. The van der Waals surface area contributed by atoms with Gasteiger partial charge in [0.25, 0.3) is 0 Å². The second kappa shape index (κ2) is 4.80. The van der Waals surface area contributed by atoms with E-state index in [4.69, 9.17) is 32.0 Å². The predicted octanol–water partition coefficient (Wildman–Crippen LogP) is 4.77. The molecule has 4 heteroatoms. The van der Waals surface area contributed by atoms with Crippen LogP contribution in [-0.4, -0.2) is 5.75 Å². The molecule has 1 rings (SSSR count). The molecule has 12 heavy (non-hydrogen) atoms. The second-order valence-electron chi connectivity index (χ2n) is 2.78. The van der Waals surface area contributed by atoms with E-state index in [9.17, 15) is 0 Å². The average molecular weight is 246 g/mol. The summed E-state index contributed by atoms with van der Waals surface area (Å²) in [6.07, 6.45) is 10.6. The van der Waals surface area contributed by atoms with Crippen LogP contribution in [0.2, 0.25) is 0 Å². The van der Waals surface area contributed by atoms with Crippen molar-refractivity contribution in [2.75, 3.05) is 5.75 Å². The van der Waals surface area contributed by atoms with Crippen molar-refractivity contribution < 1.29 is 0 Å². The lowest BCUT2D eigenvalue weighted by molar-refractivity contribution is 0.703. The fourth-order valence-electron chi connectivity index (χ4n) is 1.15. The van der Waals surface area contributed by atoms with Crippen molar-refractivity contribution in [3.05, 3.63) is 24.3 Å². The standard InChI is InChI=1S/C8H11Cl3S/c9-12(10,11)7-3-6-8-4-1-2-5-8/h1-2,4-5,8H,3,6-7H2. The molecule has 0 aromatic carbocycles. The topological polar surface area (TPSA) is 0 Å². The predicted molar refractivity (Wildman–Crippen MR) is 61.0 cm³/mol. The van der Waals surface area contributed by atoms with Crippen LogP contribution in [0.4, 0.5) is 0 Å². The molecule has 0 amide bonds. The van der Waals surface area contributed by atoms with Crippen LogP contribution in [0.25, 0.3) is 0 Å². The highest BCUT2D eigenvalue weighted by Gasteiger charge is 2.13. The molecule has 0 N–H and O–H groups in total. The van der Waals surface area contributed by atoms with Gasteiger partial charge in [-0.1, -0.05) is 24.3 Å². The highest BCUT2D eigenvalue weighted by Crippen LogP contribution is 2.63. The van der Waals surface area contributed by atoms with Gasteiger partial charge in [-0.3, -0.25) is 0 Å². The molecule has 0 unspecified atom stereocenters. The number of rotatable bonds is 4. The summed E-state index contributed by atoms with van der Waals surface area (Å²) in [5.74, 6) is 1.28. The third-order valence-electron chi connectivity index (χ3n) is 1.74. The Balaban J connectivity index is 2.10. The van der Waals surface area contributed by atoms with Crippen LogP contribution in [0.3, 0.4) is 0 Å². The lowest BCUT2D eigenvalue weighted by atomic mass is 10.1. The first-order valence-electron chi connectivity index (χ1n) is 3.83. The third kappa shape index (κ3) is 4.66. The van der Waals surface area contributed by atoms with Crippen LogP contribution < -0.4 is 0 Å². The minimum absolute atomic E-state index is 0.566. The van der Waals surface area contributed by atoms with Gasteiger partial charge in [-0.25, -0.2) is 0 Å². The monoisotopic (exact) mass is 244 g/mol. The van der Waals surface area contributed by atoms with Gasteiger partial charge in [-0.2, -0.15) is 0 Å². The third-order valence-corrected chi connectivity index (χ3v) is 3.88. The SMILES string of the molecule is ClS(Cl)(Cl)CCCC1C=CC=C1. The molecule has 0 nitrogen and oxygen atoms in total. The summed E-state index contributed by atoms with van der Waals surface area (Å²) in [5.41, 5.74) is 0. The highest BCUT2D eigenvalue weighted by molar-refractivity contribution is 8.79. The summed E-state index contributed by atoms with van der Waals surface area (Å²) < 4.78 is 0. The van der Waals surface area contributed by atoms with E-state index in [1.165, 1.54) is 0 Å². The molecule has 0 spiro atoms. The summed E-state index contributed by atoms with van der Waals surface area (Å²) in [7, 11) is 15.2. The number of hydrogen-bond donors (Lipinski definition) is 0. The van der Waals surface area contributed by atoms with Crippen LogP contribution >= 0.6 is 39.7 Å². The summed E-state index contributed by atoms with van der Waals surface area (Å²) >= 11 is 0. The minimum atomic E-state index is -1.85. The van der Waals surface area contributed by atoms with E-state index < -0.39 is 7.67 Å². The quantitative estimate of drug-likeness (QED) is 0.669. The van der Waals surface area contributed by atoms with Gasteiger partial charge < -0.3 is 0 Å². The zero-order valence-corrected chi connectivity index (χ0v) is 9.63. The Labute approximate surface area is 88.4 Å². The molecule has 0 radical (unpaired) electrons. The van der Waals surface area contributed by atoms with Crippen molar-refractivity contribution in [1.82, 2.24) is 0 Å². The fraction of sp³-hybridized carbons (Fsp3) is 0.500. The van der Waals surface area contributed by atoms with Crippen LogP contribution in [0.1, 0.15) is 12.8 Å². The van der Waals surface area contributed by atoms with Gasteiger partial charge in [-0.15, -0.1) is 0 Å². The molecule has 0 aromatic heterocycles. The first kappa shape index (κ1) is 10.8. The van der Waals surface area contributed by atoms with E-state index >= 15 is 0 Å². The molecule has 1 aliphatic carbocycles. The fourth-order valence-corrected chi connectivity index (χ4v) is 2.63. The Kier molecular flexibility index (Phi) is 4.31. The van der Waals surface area contributed by atoms with Gasteiger partial charge in [0.05, 0.1) is 0 Å². The maximum absolute atomic E-state index is 5.70. The lowest BCUT2D eigenvalue weighted by Crippen LogP contribution is -1.92. The molecular weight excluding hydrogens is 235 g/mol. The summed E-state index contributed by atoms with van der Waals surface area (Å²) in [6, 6.07) is 0. The molecule has 0 saturated carbocycles. The molecule has 1 aliphatic rings. The number of allylic oxidation sites excluding steroid dienone is 4. The zero-order chi connectivity index (χ0) is 9.03. The minimum Gasteiger partial charge on any atom is -0.0776 e. The number of halogens is 3. The maximum Gasteiger partial charge on any atom is 0.0165 e. The van der Waals surface area contributed by atoms with E-state index in [-0.39, 0.29) is 0 Å². The maximum atomic E-state index is 5.70. The molecular formula is C8H11Cl3S. The van der Waals surface area contributed by atoms with Crippen molar-refractivity contribution >= 4 is 39.7 Å². The van der Waals surface area contributed by atoms with E-state index in [1.54, 1.807) is 0 Å². The molecule has 0 aromatic rings. The van der Waals surface area contributed by atoms with Gasteiger partial charge in [0.2, 0.25) is 0 Å². The van der Waals surface area contributed by atoms with Gasteiger partial charge in [-0.05, 0) is 58.5 Å². The first-order valence-corrected chi connectivity index (χ1v) is 8.11. The summed E-state index contributed by atoms with van der Waals surface area (Å²) in [4.78, 5) is 0. The average Bonchev–Trinajstić information content (AvgIpc) is 2.36. The normalized spacial score (nSPS) is 18.9. The Bertz CT molecular complexity index is 181. The van der Waals surface area contributed by atoms with Gasteiger partial charge >= 0.3 is 0 Å². The summed E-state index contributed by atoms with van der Waals surface area (Å²) in [6.45, 7) is 0. The molecule has 0 bridgehead atoms. The van der Waals surface area contributed by atoms with E-state index in [1.807, 2.05) is 0 Å². The highest BCUT2D eigenvalue weighted by atomic mass is 36.2. The smallest absolute Gasteiger partial charge is 0.0165 e. The number of hydrogen-bond acceptors (Lipinski definition) is 0. The molecule has 0 heterocycles. The Hall–Kier alpha value is 0.700. The van der Waals surface area contributed by atoms with Gasteiger partial charge in [0, 0.05) is 5.75 Å².